The molecular weight excluding hydrogens is 208 g/mol. The van der Waals surface area contributed by atoms with Crippen LogP contribution in [-0.4, -0.2) is 77.1 Å². The summed E-state index contributed by atoms with van der Waals surface area (Å²) < 4.78 is 9.80. The number of aliphatic hydroxyl groups excluding tert-OH is 5. The summed E-state index contributed by atoms with van der Waals surface area (Å²) in [7, 11) is 0. The highest BCUT2D eigenvalue weighted by Crippen LogP contribution is 2.01. The molecule has 0 radical (unpaired) electrons. The molecule has 0 saturated carbocycles. The Kier molecular flexibility index (Phi) is 8.82. The molecule has 0 spiro atoms. The first kappa shape index (κ1) is 14.7. The quantitative estimate of drug-likeness (QED) is 0.266. The molecule has 0 amide bonds. The van der Waals surface area contributed by atoms with E-state index in [4.69, 9.17) is 35.0 Å². The molecule has 0 heterocycles. The van der Waals surface area contributed by atoms with Gasteiger partial charge in [-0.05, 0) is 0 Å². The van der Waals surface area contributed by atoms with Crippen LogP contribution in [0.15, 0.2) is 0 Å². The minimum absolute atomic E-state index is 0.203. The lowest BCUT2D eigenvalue weighted by Gasteiger charge is -2.21. The van der Waals surface area contributed by atoms with Gasteiger partial charge in [0.05, 0.1) is 33.0 Å². The Morgan fingerprint density at radius 1 is 0.867 bits per heavy atom. The van der Waals surface area contributed by atoms with E-state index in [9.17, 15) is 0 Å². The first-order valence-electron chi connectivity index (χ1n) is 4.56. The Hall–Kier alpha value is -0.280. The normalized spacial score (nSPS) is 15.6. The van der Waals surface area contributed by atoms with Gasteiger partial charge in [0.25, 0.3) is 0 Å². The number of aliphatic hydroxyl groups is 5. The minimum atomic E-state index is -1.05. The Balaban J connectivity index is 3.80. The van der Waals surface area contributed by atoms with Gasteiger partial charge in [0, 0.05) is 0 Å². The minimum Gasteiger partial charge on any atom is -0.394 e. The molecule has 0 aromatic heterocycles. The molecule has 0 aliphatic carbocycles. The van der Waals surface area contributed by atoms with E-state index in [1.165, 1.54) is 0 Å². The molecule has 7 heteroatoms. The molecule has 0 aromatic rings. The van der Waals surface area contributed by atoms with Gasteiger partial charge in [0.2, 0.25) is 0 Å². The smallest absolute Gasteiger partial charge is 0.181 e. The molecule has 5 N–H and O–H groups in total. The summed E-state index contributed by atoms with van der Waals surface area (Å²) in [6, 6.07) is 0. The van der Waals surface area contributed by atoms with Gasteiger partial charge >= 0.3 is 0 Å². The molecule has 0 rings (SSSR count). The zero-order valence-corrected chi connectivity index (χ0v) is 8.32. The van der Waals surface area contributed by atoms with Crippen molar-refractivity contribution in [3.8, 4) is 0 Å². The highest BCUT2D eigenvalue weighted by molar-refractivity contribution is 4.56. The van der Waals surface area contributed by atoms with Gasteiger partial charge in [-0.2, -0.15) is 0 Å². The first-order valence-corrected chi connectivity index (χ1v) is 4.56. The van der Waals surface area contributed by atoms with E-state index in [-0.39, 0.29) is 6.61 Å². The van der Waals surface area contributed by atoms with E-state index in [2.05, 4.69) is 0 Å². The van der Waals surface area contributed by atoms with Crippen LogP contribution in [0.4, 0.5) is 0 Å². The zero-order valence-electron chi connectivity index (χ0n) is 8.32. The molecule has 0 aliphatic rings. The second-order valence-corrected chi connectivity index (χ2v) is 2.91. The Labute approximate surface area is 87.5 Å². The zero-order chi connectivity index (χ0) is 11.7. The predicted octanol–water partition coefficient (Wildman–Crippen LogP) is -2.96. The van der Waals surface area contributed by atoms with Crippen molar-refractivity contribution < 1.29 is 35.0 Å². The van der Waals surface area contributed by atoms with Crippen molar-refractivity contribution in [2.75, 3.05) is 33.0 Å². The van der Waals surface area contributed by atoms with E-state index in [1.807, 2.05) is 0 Å². The van der Waals surface area contributed by atoms with Gasteiger partial charge in [-0.1, -0.05) is 0 Å². The molecule has 0 aliphatic heterocycles. The van der Waals surface area contributed by atoms with Crippen LogP contribution in [0.1, 0.15) is 0 Å². The van der Waals surface area contributed by atoms with Crippen LogP contribution in [0.2, 0.25) is 0 Å². The van der Waals surface area contributed by atoms with Crippen molar-refractivity contribution in [2.24, 2.45) is 0 Å². The highest BCUT2D eigenvalue weighted by Gasteiger charge is 2.16. The van der Waals surface area contributed by atoms with E-state index < -0.39 is 44.9 Å². The van der Waals surface area contributed by atoms with E-state index in [0.717, 1.165) is 0 Å². The summed E-state index contributed by atoms with van der Waals surface area (Å²) in [6.07, 6.45) is -2.94. The summed E-state index contributed by atoms with van der Waals surface area (Å²) in [5.74, 6) is 0. The van der Waals surface area contributed by atoms with Crippen LogP contribution in [0, 0.1) is 0 Å². The van der Waals surface area contributed by atoms with Crippen molar-refractivity contribution in [1.82, 2.24) is 0 Å². The number of ether oxygens (including phenoxy) is 2. The topological polar surface area (TPSA) is 120 Å². The molecule has 2 unspecified atom stereocenters. The van der Waals surface area contributed by atoms with E-state index in [0.29, 0.717) is 0 Å². The average Bonchev–Trinajstić information content (AvgIpc) is 2.29. The van der Waals surface area contributed by atoms with Crippen LogP contribution in [0.5, 0.6) is 0 Å². The van der Waals surface area contributed by atoms with E-state index >= 15 is 0 Å². The fourth-order valence-corrected chi connectivity index (χ4v) is 0.765. The number of hydrogen-bond acceptors (Lipinski definition) is 7. The predicted molar refractivity (Wildman–Crippen MR) is 49.0 cm³/mol. The lowest BCUT2D eigenvalue weighted by molar-refractivity contribution is -0.211. The van der Waals surface area contributed by atoms with Gasteiger partial charge in [0.15, 0.2) is 6.29 Å². The van der Waals surface area contributed by atoms with Gasteiger partial charge in [-0.3, -0.25) is 0 Å². The second kappa shape index (κ2) is 8.98. The second-order valence-electron chi connectivity index (χ2n) is 2.91. The maximum absolute atomic E-state index is 8.94. The van der Waals surface area contributed by atoms with Crippen molar-refractivity contribution in [3.05, 3.63) is 0 Å². The molecule has 0 aromatic carbocycles. The van der Waals surface area contributed by atoms with Crippen LogP contribution in [-0.2, 0) is 9.47 Å². The molecule has 2 atom stereocenters. The number of rotatable bonds is 9. The Morgan fingerprint density at radius 3 is 1.87 bits per heavy atom. The van der Waals surface area contributed by atoms with Gasteiger partial charge in [-0.25, -0.2) is 0 Å². The standard InChI is InChI=1S/C8H18O7/c9-1-6(13)5-14-8(4-12)15-7(2-10)3-11/h6-13H,1-5H2. The lowest BCUT2D eigenvalue weighted by Crippen LogP contribution is -2.34. The first-order chi connectivity index (χ1) is 7.17. The molecular formula is C8H18O7. The largest absolute Gasteiger partial charge is 0.394 e. The van der Waals surface area contributed by atoms with Crippen molar-refractivity contribution in [3.63, 3.8) is 0 Å². The molecule has 0 bridgehead atoms. The lowest BCUT2D eigenvalue weighted by atomic mass is 10.4. The third-order valence-corrected chi connectivity index (χ3v) is 1.59. The van der Waals surface area contributed by atoms with Crippen molar-refractivity contribution >= 4 is 0 Å². The molecule has 0 saturated heterocycles. The molecule has 92 valence electrons. The van der Waals surface area contributed by atoms with Crippen molar-refractivity contribution in [1.29, 1.82) is 0 Å². The average molecular weight is 226 g/mol. The maximum Gasteiger partial charge on any atom is 0.181 e. The van der Waals surface area contributed by atoms with Gasteiger partial charge in [-0.15, -0.1) is 0 Å². The maximum atomic E-state index is 8.94. The monoisotopic (exact) mass is 226 g/mol. The molecule has 15 heavy (non-hydrogen) atoms. The fourth-order valence-electron chi connectivity index (χ4n) is 0.765. The molecule has 7 nitrogen and oxygen atoms in total. The number of hydrogen-bond donors (Lipinski definition) is 5. The summed E-state index contributed by atoms with van der Waals surface area (Å²) in [5, 5.41) is 43.6. The van der Waals surface area contributed by atoms with Crippen LogP contribution in [0.3, 0.4) is 0 Å². The van der Waals surface area contributed by atoms with Gasteiger partial charge < -0.3 is 35.0 Å². The summed E-state index contributed by atoms with van der Waals surface area (Å²) >= 11 is 0. The SMILES string of the molecule is OCC(O)COC(CO)OC(CO)CO. The Bertz CT molecular complexity index is 139. The van der Waals surface area contributed by atoms with Crippen LogP contribution in [0.25, 0.3) is 0 Å². The van der Waals surface area contributed by atoms with Crippen LogP contribution >= 0.6 is 0 Å². The summed E-state index contributed by atoms with van der Waals surface area (Å²) in [6.45, 7) is -1.95. The highest BCUT2D eigenvalue weighted by atomic mass is 16.7. The summed E-state index contributed by atoms with van der Waals surface area (Å²) in [4.78, 5) is 0. The fraction of sp³-hybridized carbons (Fsp3) is 1.00. The van der Waals surface area contributed by atoms with Crippen molar-refractivity contribution in [2.45, 2.75) is 18.5 Å². The van der Waals surface area contributed by atoms with Crippen LogP contribution < -0.4 is 0 Å². The molecule has 0 fully saturated rings. The summed E-state index contributed by atoms with van der Waals surface area (Å²) in [5.41, 5.74) is 0. The third-order valence-electron chi connectivity index (χ3n) is 1.59. The van der Waals surface area contributed by atoms with E-state index in [1.54, 1.807) is 0 Å². The Morgan fingerprint density at radius 2 is 1.47 bits per heavy atom. The van der Waals surface area contributed by atoms with Gasteiger partial charge in [0.1, 0.15) is 12.2 Å². The third kappa shape index (κ3) is 6.74.